The van der Waals surface area contributed by atoms with Crippen molar-refractivity contribution in [1.82, 2.24) is 5.32 Å². The van der Waals surface area contributed by atoms with Gasteiger partial charge in [0.05, 0.1) is 19.8 Å². The lowest BCUT2D eigenvalue weighted by atomic mass is 10.2. The summed E-state index contributed by atoms with van der Waals surface area (Å²) in [6, 6.07) is 4.61. The lowest BCUT2D eigenvalue weighted by molar-refractivity contribution is -0.147. The van der Waals surface area contributed by atoms with E-state index < -0.39 is 12.7 Å². The molecule has 116 valence electrons. The molecule has 1 aliphatic heterocycles. The molecule has 1 unspecified atom stereocenters. The van der Waals surface area contributed by atoms with Gasteiger partial charge in [-0.15, -0.1) is 0 Å². The van der Waals surface area contributed by atoms with Crippen molar-refractivity contribution in [1.29, 1.82) is 0 Å². The van der Waals surface area contributed by atoms with Crippen molar-refractivity contribution < 1.29 is 27.8 Å². The Morgan fingerprint density at radius 1 is 1.48 bits per heavy atom. The van der Waals surface area contributed by atoms with Gasteiger partial charge in [0.2, 0.25) is 0 Å². The Labute approximate surface area is 128 Å². The normalized spacial score (nSPS) is 18.6. The minimum absolute atomic E-state index is 0.0225. The molecule has 0 bridgehead atoms. The van der Waals surface area contributed by atoms with Gasteiger partial charge in [0.1, 0.15) is 5.75 Å². The summed E-state index contributed by atoms with van der Waals surface area (Å²) < 4.78 is 40.2. The predicted molar refractivity (Wildman–Crippen MR) is 73.2 cm³/mol. The number of benzene rings is 1. The second kappa shape index (κ2) is 7.67. The van der Waals surface area contributed by atoms with E-state index in [-0.39, 0.29) is 24.8 Å². The van der Waals surface area contributed by atoms with Crippen LogP contribution in [0.2, 0.25) is 0 Å². The number of carbonyl (C=O) groups excluding carboxylic acids is 1. The van der Waals surface area contributed by atoms with Crippen LogP contribution in [0, 0.1) is 0 Å². The summed E-state index contributed by atoms with van der Waals surface area (Å²) in [6.07, 6.45) is -0.676. The van der Waals surface area contributed by atoms with Crippen molar-refractivity contribution in [2.45, 2.75) is 19.3 Å². The molecule has 2 rings (SSSR count). The molecule has 0 spiro atoms. The van der Waals surface area contributed by atoms with Crippen molar-refractivity contribution in [2.75, 3.05) is 19.8 Å². The van der Waals surface area contributed by atoms with Gasteiger partial charge in [-0.25, -0.2) is 0 Å². The first-order valence-corrected chi connectivity index (χ1v) is 7.06. The summed E-state index contributed by atoms with van der Waals surface area (Å²) in [5, 5.41) is 2.62. The Balaban J connectivity index is 1.97. The first-order valence-electron chi connectivity index (χ1n) is 6.26. The third kappa shape index (κ3) is 4.90. The van der Waals surface area contributed by atoms with Gasteiger partial charge in [-0.05, 0) is 18.2 Å². The number of halogens is 3. The molecule has 1 N–H and O–H groups in total. The molecule has 1 fully saturated rings. The minimum atomic E-state index is -2.92. The number of hydrogen-bond acceptors (Lipinski definition) is 4. The molecular weight excluding hydrogens is 352 g/mol. The van der Waals surface area contributed by atoms with Crippen LogP contribution in [-0.4, -0.2) is 38.4 Å². The highest BCUT2D eigenvalue weighted by atomic mass is 79.9. The molecule has 1 aromatic rings. The van der Waals surface area contributed by atoms with Gasteiger partial charge in [-0.2, -0.15) is 8.78 Å². The summed E-state index contributed by atoms with van der Waals surface area (Å²) in [7, 11) is 0. The summed E-state index contributed by atoms with van der Waals surface area (Å²) in [5.41, 5.74) is 0.440. The fourth-order valence-electron chi connectivity index (χ4n) is 1.83. The third-order valence-electron chi connectivity index (χ3n) is 2.80. The standard InChI is InChI=1S/C13H14BrF2NO4/c14-9-1-2-10(21-13(15)16)8(5-9)6-17-12(18)11-7-19-3-4-20-11/h1-2,5,11,13H,3-4,6-7H2,(H,17,18). The zero-order valence-electron chi connectivity index (χ0n) is 11.0. The number of nitrogens with one attached hydrogen (secondary N) is 1. The molecule has 0 saturated carbocycles. The number of ether oxygens (including phenoxy) is 3. The number of alkyl halides is 2. The average molecular weight is 366 g/mol. The van der Waals surface area contributed by atoms with Crippen molar-refractivity contribution in [3.05, 3.63) is 28.2 Å². The van der Waals surface area contributed by atoms with E-state index in [1.807, 2.05) is 0 Å². The van der Waals surface area contributed by atoms with Gasteiger partial charge < -0.3 is 19.5 Å². The van der Waals surface area contributed by atoms with Crippen molar-refractivity contribution in [3.8, 4) is 5.75 Å². The predicted octanol–water partition coefficient (Wildman–Crippen LogP) is 2.08. The van der Waals surface area contributed by atoms with E-state index in [1.54, 1.807) is 12.1 Å². The van der Waals surface area contributed by atoms with Gasteiger partial charge in [0.15, 0.2) is 6.10 Å². The van der Waals surface area contributed by atoms with Crippen LogP contribution in [0.4, 0.5) is 8.78 Å². The molecule has 5 nitrogen and oxygen atoms in total. The lowest BCUT2D eigenvalue weighted by Crippen LogP contribution is -2.42. The Kier molecular flexibility index (Phi) is 5.89. The highest BCUT2D eigenvalue weighted by Gasteiger charge is 2.22. The second-order valence-corrected chi connectivity index (χ2v) is 5.20. The molecule has 1 atom stereocenters. The zero-order chi connectivity index (χ0) is 15.2. The van der Waals surface area contributed by atoms with Crippen LogP contribution in [0.1, 0.15) is 5.56 Å². The first kappa shape index (κ1) is 16.1. The van der Waals surface area contributed by atoms with Crippen LogP contribution in [-0.2, 0) is 20.8 Å². The highest BCUT2D eigenvalue weighted by Crippen LogP contribution is 2.24. The van der Waals surface area contributed by atoms with Crippen molar-refractivity contribution in [2.24, 2.45) is 0 Å². The molecule has 21 heavy (non-hydrogen) atoms. The van der Waals surface area contributed by atoms with Crippen molar-refractivity contribution >= 4 is 21.8 Å². The third-order valence-corrected chi connectivity index (χ3v) is 3.29. The van der Waals surface area contributed by atoms with E-state index in [4.69, 9.17) is 9.47 Å². The fourth-order valence-corrected chi connectivity index (χ4v) is 2.24. The number of carbonyl (C=O) groups is 1. The summed E-state index contributed by atoms with van der Waals surface area (Å²) in [4.78, 5) is 11.9. The van der Waals surface area contributed by atoms with Gasteiger partial charge in [0, 0.05) is 16.6 Å². The van der Waals surface area contributed by atoms with Crippen LogP contribution in [0.5, 0.6) is 5.75 Å². The highest BCUT2D eigenvalue weighted by molar-refractivity contribution is 9.10. The van der Waals surface area contributed by atoms with Gasteiger partial charge in [-0.1, -0.05) is 15.9 Å². The van der Waals surface area contributed by atoms with Crippen LogP contribution < -0.4 is 10.1 Å². The topological polar surface area (TPSA) is 56.8 Å². The Morgan fingerprint density at radius 3 is 2.95 bits per heavy atom. The molecule has 1 aromatic carbocycles. The van der Waals surface area contributed by atoms with Gasteiger partial charge >= 0.3 is 6.61 Å². The number of rotatable bonds is 5. The van der Waals surface area contributed by atoms with E-state index in [2.05, 4.69) is 26.0 Å². The maximum atomic E-state index is 12.3. The fraction of sp³-hybridized carbons (Fsp3) is 0.462. The minimum Gasteiger partial charge on any atom is -0.434 e. The quantitative estimate of drug-likeness (QED) is 0.867. The molecule has 1 heterocycles. The number of amides is 1. The summed E-state index contributed by atoms with van der Waals surface area (Å²) >= 11 is 3.25. The largest absolute Gasteiger partial charge is 0.434 e. The lowest BCUT2D eigenvalue weighted by Gasteiger charge is -2.22. The number of hydrogen-bond donors (Lipinski definition) is 1. The Hall–Kier alpha value is -1.25. The van der Waals surface area contributed by atoms with Gasteiger partial charge in [0.25, 0.3) is 5.91 Å². The van der Waals surface area contributed by atoms with E-state index in [9.17, 15) is 13.6 Å². The molecule has 1 aliphatic rings. The van der Waals surface area contributed by atoms with Crippen LogP contribution >= 0.6 is 15.9 Å². The smallest absolute Gasteiger partial charge is 0.387 e. The summed E-state index contributed by atoms with van der Waals surface area (Å²) in [5.74, 6) is -0.327. The Morgan fingerprint density at radius 2 is 2.29 bits per heavy atom. The van der Waals surface area contributed by atoms with E-state index in [0.29, 0.717) is 23.2 Å². The molecule has 0 aromatic heterocycles. The van der Waals surface area contributed by atoms with E-state index in [1.165, 1.54) is 6.07 Å². The maximum Gasteiger partial charge on any atom is 0.387 e. The van der Waals surface area contributed by atoms with E-state index >= 15 is 0 Å². The molecule has 0 radical (unpaired) electrons. The Bertz CT molecular complexity index is 495. The van der Waals surface area contributed by atoms with E-state index in [0.717, 1.165) is 0 Å². The van der Waals surface area contributed by atoms with Gasteiger partial charge in [-0.3, -0.25) is 4.79 Å². The SMILES string of the molecule is O=C(NCc1cc(Br)ccc1OC(F)F)C1COCCO1. The monoisotopic (exact) mass is 365 g/mol. The van der Waals surface area contributed by atoms with Crippen LogP contribution in [0.3, 0.4) is 0 Å². The molecular formula is C13H14BrF2NO4. The van der Waals surface area contributed by atoms with Crippen molar-refractivity contribution in [3.63, 3.8) is 0 Å². The summed E-state index contributed by atoms with van der Waals surface area (Å²) in [6.45, 7) is -1.86. The molecule has 8 heteroatoms. The zero-order valence-corrected chi connectivity index (χ0v) is 12.6. The first-order chi connectivity index (χ1) is 10.1. The molecule has 0 aliphatic carbocycles. The molecule has 1 saturated heterocycles. The molecule has 1 amide bonds. The van der Waals surface area contributed by atoms with Crippen LogP contribution in [0.15, 0.2) is 22.7 Å². The average Bonchev–Trinajstić information content (AvgIpc) is 2.47. The van der Waals surface area contributed by atoms with Crippen LogP contribution in [0.25, 0.3) is 0 Å². The second-order valence-electron chi connectivity index (χ2n) is 4.28. The maximum absolute atomic E-state index is 12.3.